The molecule has 0 aliphatic heterocycles. The number of nitrogens with zero attached hydrogens (tertiary/aromatic N) is 2. The fourth-order valence-corrected chi connectivity index (χ4v) is 2.99. The molecule has 0 saturated heterocycles. The van der Waals surface area contributed by atoms with E-state index >= 15 is 0 Å². The number of nitrogens with two attached hydrogens (primary N) is 1. The molecule has 4 nitrogen and oxygen atoms in total. The highest BCUT2D eigenvalue weighted by Gasteiger charge is 2.21. The van der Waals surface area contributed by atoms with Crippen LogP contribution in [-0.4, -0.2) is 9.97 Å². The Labute approximate surface area is 113 Å². The average Bonchev–Trinajstić information content (AvgIpc) is 2.97. The van der Waals surface area contributed by atoms with E-state index in [2.05, 4.69) is 15.4 Å². The van der Waals surface area contributed by atoms with Crippen LogP contribution >= 0.6 is 0 Å². The van der Waals surface area contributed by atoms with Crippen molar-refractivity contribution in [3.63, 3.8) is 0 Å². The molecule has 0 radical (unpaired) electrons. The van der Waals surface area contributed by atoms with E-state index in [0.29, 0.717) is 0 Å². The van der Waals surface area contributed by atoms with Gasteiger partial charge in [0.1, 0.15) is 0 Å². The van der Waals surface area contributed by atoms with Crippen molar-refractivity contribution < 1.29 is 0 Å². The average molecular weight is 256 g/mol. The molecule has 19 heavy (non-hydrogen) atoms. The Bertz CT molecular complexity index is 549. The molecular formula is C15H20N4. The molecule has 2 aromatic rings. The summed E-state index contributed by atoms with van der Waals surface area (Å²) in [4.78, 5) is 9.15. The molecule has 1 unspecified atom stereocenters. The van der Waals surface area contributed by atoms with Crippen molar-refractivity contribution in [3.8, 4) is 0 Å². The minimum absolute atomic E-state index is 0.111. The highest BCUT2D eigenvalue weighted by Crippen LogP contribution is 2.32. The predicted molar refractivity (Wildman–Crippen MR) is 76.2 cm³/mol. The van der Waals surface area contributed by atoms with Crippen molar-refractivity contribution >= 4 is 11.0 Å². The monoisotopic (exact) mass is 256 g/mol. The van der Waals surface area contributed by atoms with Crippen LogP contribution in [-0.2, 0) is 0 Å². The van der Waals surface area contributed by atoms with Crippen molar-refractivity contribution in [1.29, 1.82) is 0 Å². The molecule has 100 valence electrons. The third-order valence-corrected chi connectivity index (χ3v) is 4.07. The van der Waals surface area contributed by atoms with Crippen molar-refractivity contribution in [2.24, 2.45) is 11.8 Å². The summed E-state index contributed by atoms with van der Waals surface area (Å²) in [6.45, 7) is 0. The van der Waals surface area contributed by atoms with Crippen LogP contribution in [0.3, 0.4) is 0 Å². The third-order valence-electron chi connectivity index (χ3n) is 4.07. The van der Waals surface area contributed by atoms with Crippen molar-refractivity contribution in [2.45, 2.75) is 38.1 Å². The number of hydrogen-bond acceptors (Lipinski definition) is 4. The van der Waals surface area contributed by atoms with E-state index in [9.17, 15) is 0 Å². The standard InChI is InChI=1S/C15H20N4/c16-19-14(9-11-5-1-2-6-11)15-10-17-12-7-3-4-8-13(12)18-15/h3-4,7-8,10-11,14,19H,1-2,5-6,9,16H2. The van der Waals surface area contributed by atoms with Gasteiger partial charge in [0.25, 0.3) is 0 Å². The second kappa shape index (κ2) is 5.63. The molecule has 1 aromatic carbocycles. The van der Waals surface area contributed by atoms with Crippen LogP contribution in [0.2, 0.25) is 0 Å². The molecule has 0 spiro atoms. The Morgan fingerprint density at radius 1 is 1.21 bits per heavy atom. The fraction of sp³-hybridized carbons (Fsp3) is 0.467. The smallest absolute Gasteiger partial charge is 0.0890 e. The topological polar surface area (TPSA) is 63.8 Å². The van der Waals surface area contributed by atoms with Gasteiger partial charge in [-0.05, 0) is 24.5 Å². The van der Waals surface area contributed by atoms with Gasteiger partial charge in [-0.3, -0.25) is 16.3 Å². The zero-order valence-corrected chi connectivity index (χ0v) is 11.0. The molecule has 1 aliphatic rings. The summed E-state index contributed by atoms with van der Waals surface area (Å²) in [5, 5.41) is 0. The molecule has 0 amide bonds. The van der Waals surface area contributed by atoms with Gasteiger partial charge in [0.2, 0.25) is 0 Å². The summed E-state index contributed by atoms with van der Waals surface area (Å²) in [6.07, 6.45) is 8.25. The quantitative estimate of drug-likeness (QED) is 0.652. The summed E-state index contributed by atoms with van der Waals surface area (Å²) >= 11 is 0. The minimum Gasteiger partial charge on any atom is -0.271 e. The summed E-state index contributed by atoms with van der Waals surface area (Å²) < 4.78 is 0. The van der Waals surface area contributed by atoms with Gasteiger partial charge in [0, 0.05) is 0 Å². The van der Waals surface area contributed by atoms with Crippen LogP contribution in [0.4, 0.5) is 0 Å². The van der Waals surface area contributed by atoms with Gasteiger partial charge < -0.3 is 0 Å². The normalized spacial score (nSPS) is 17.9. The lowest BCUT2D eigenvalue weighted by molar-refractivity contribution is 0.394. The Morgan fingerprint density at radius 2 is 1.95 bits per heavy atom. The lowest BCUT2D eigenvalue weighted by Crippen LogP contribution is -2.30. The first kappa shape index (κ1) is 12.5. The third kappa shape index (κ3) is 2.74. The Kier molecular flexibility index (Phi) is 3.71. The van der Waals surface area contributed by atoms with E-state index in [0.717, 1.165) is 29.1 Å². The molecule has 3 rings (SSSR count). The number of benzene rings is 1. The Hall–Kier alpha value is -1.52. The number of nitrogens with one attached hydrogen (secondary N) is 1. The van der Waals surface area contributed by atoms with Gasteiger partial charge in [0.15, 0.2) is 0 Å². The zero-order chi connectivity index (χ0) is 13.1. The van der Waals surface area contributed by atoms with E-state index in [1.54, 1.807) is 0 Å². The van der Waals surface area contributed by atoms with E-state index < -0.39 is 0 Å². The number of rotatable bonds is 4. The van der Waals surface area contributed by atoms with E-state index in [-0.39, 0.29) is 6.04 Å². The first-order valence-electron chi connectivity index (χ1n) is 7.04. The molecule has 1 saturated carbocycles. The van der Waals surface area contributed by atoms with Crippen LogP contribution in [0.5, 0.6) is 0 Å². The van der Waals surface area contributed by atoms with Crippen molar-refractivity contribution in [3.05, 3.63) is 36.2 Å². The second-order valence-electron chi connectivity index (χ2n) is 5.39. The zero-order valence-electron chi connectivity index (χ0n) is 11.0. The minimum atomic E-state index is 0.111. The molecule has 1 atom stereocenters. The molecule has 1 aliphatic carbocycles. The number of para-hydroxylation sites is 2. The number of aromatic nitrogens is 2. The number of hydrogen-bond donors (Lipinski definition) is 2. The van der Waals surface area contributed by atoms with Crippen LogP contribution in [0.25, 0.3) is 11.0 Å². The molecule has 1 aromatic heterocycles. The van der Waals surface area contributed by atoms with Gasteiger partial charge >= 0.3 is 0 Å². The highest BCUT2D eigenvalue weighted by molar-refractivity contribution is 5.73. The van der Waals surface area contributed by atoms with Gasteiger partial charge in [-0.25, -0.2) is 4.98 Å². The van der Waals surface area contributed by atoms with Gasteiger partial charge in [-0.1, -0.05) is 37.8 Å². The maximum Gasteiger partial charge on any atom is 0.0890 e. The number of hydrazine groups is 1. The van der Waals surface area contributed by atoms with Crippen LogP contribution < -0.4 is 11.3 Å². The Balaban J connectivity index is 1.83. The summed E-state index contributed by atoms with van der Waals surface area (Å²) in [5.74, 6) is 6.48. The first-order valence-corrected chi connectivity index (χ1v) is 7.04. The van der Waals surface area contributed by atoms with Crippen molar-refractivity contribution in [1.82, 2.24) is 15.4 Å². The largest absolute Gasteiger partial charge is 0.271 e. The Morgan fingerprint density at radius 3 is 2.68 bits per heavy atom. The van der Waals surface area contributed by atoms with Gasteiger partial charge in [-0.2, -0.15) is 0 Å². The molecule has 3 N–H and O–H groups in total. The van der Waals surface area contributed by atoms with E-state index in [4.69, 9.17) is 5.84 Å². The van der Waals surface area contributed by atoms with Crippen LogP contribution in [0.15, 0.2) is 30.5 Å². The SMILES string of the molecule is NNC(CC1CCCC1)c1cnc2ccccc2n1. The van der Waals surface area contributed by atoms with E-state index in [1.807, 2.05) is 30.5 Å². The molecule has 1 heterocycles. The molecule has 4 heteroatoms. The van der Waals surface area contributed by atoms with Crippen LogP contribution in [0, 0.1) is 5.92 Å². The number of fused-ring (bicyclic) bond motifs is 1. The second-order valence-corrected chi connectivity index (χ2v) is 5.39. The first-order chi connectivity index (χ1) is 9.36. The molecule has 1 fully saturated rings. The highest BCUT2D eigenvalue weighted by atomic mass is 15.2. The lowest BCUT2D eigenvalue weighted by atomic mass is 9.97. The van der Waals surface area contributed by atoms with Gasteiger partial charge in [-0.15, -0.1) is 0 Å². The molecular weight excluding hydrogens is 236 g/mol. The maximum absolute atomic E-state index is 5.71. The summed E-state index contributed by atoms with van der Waals surface area (Å²) in [5.41, 5.74) is 5.73. The lowest BCUT2D eigenvalue weighted by Gasteiger charge is -2.19. The maximum atomic E-state index is 5.71. The fourth-order valence-electron chi connectivity index (χ4n) is 2.99. The molecule has 0 bridgehead atoms. The van der Waals surface area contributed by atoms with E-state index in [1.165, 1.54) is 25.7 Å². The van der Waals surface area contributed by atoms with Gasteiger partial charge in [0.05, 0.1) is 29.0 Å². The van der Waals surface area contributed by atoms with Crippen molar-refractivity contribution in [2.75, 3.05) is 0 Å². The van der Waals surface area contributed by atoms with Crippen LogP contribution in [0.1, 0.15) is 43.8 Å². The predicted octanol–water partition coefficient (Wildman–Crippen LogP) is 2.71. The summed E-state index contributed by atoms with van der Waals surface area (Å²) in [7, 11) is 0. The summed E-state index contributed by atoms with van der Waals surface area (Å²) in [6, 6.07) is 8.06.